The molecule has 0 aromatic carbocycles. The van der Waals surface area contributed by atoms with Gasteiger partial charge in [0.25, 0.3) is 5.89 Å². The number of hydrogen-bond acceptors (Lipinski definition) is 5. The van der Waals surface area contributed by atoms with Crippen molar-refractivity contribution in [2.75, 3.05) is 19.6 Å². The summed E-state index contributed by atoms with van der Waals surface area (Å²) in [5.74, 6) is -0.0200. The van der Waals surface area contributed by atoms with Gasteiger partial charge in [0.1, 0.15) is 0 Å². The first kappa shape index (κ1) is 14.3. The lowest BCUT2D eigenvalue weighted by atomic mass is 9.84. The Balaban J connectivity index is 1.47. The molecular formula is C16H17FN4O2. The number of nitrogens with one attached hydrogen (secondary N) is 1. The lowest BCUT2D eigenvalue weighted by Gasteiger charge is -2.44. The number of aromatic nitrogens is 2. The third-order valence-electron chi connectivity index (χ3n) is 4.68. The number of hydrogen-bond donors (Lipinski definition) is 1. The monoisotopic (exact) mass is 316 g/mol. The van der Waals surface area contributed by atoms with Gasteiger partial charge in [-0.05, 0) is 37.9 Å². The molecule has 5 rings (SSSR count). The number of carbonyl (C=O) groups excluding carboxylic acids is 1. The number of nitrogens with zero attached hydrogens (tertiary/aromatic N) is 3. The zero-order valence-electron chi connectivity index (χ0n) is 12.5. The first-order chi connectivity index (χ1) is 11.2. The van der Waals surface area contributed by atoms with Crippen molar-refractivity contribution in [3.63, 3.8) is 0 Å². The van der Waals surface area contributed by atoms with Crippen molar-refractivity contribution >= 4 is 5.91 Å². The van der Waals surface area contributed by atoms with Gasteiger partial charge in [-0.1, -0.05) is 0 Å². The quantitative estimate of drug-likeness (QED) is 0.873. The standard InChI is InChI=1S/C16H17FN4O2/c17-14-7-11(1-4-18-14)13-8-19-16(23-13)15(22)20-12-9-21-5-2-10(12)3-6-21/h1,4,7-8,10,12H,2-3,5-6,9H2,(H,20,22). The molecule has 2 aromatic rings. The van der Waals surface area contributed by atoms with Gasteiger partial charge in [-0.3, -0.25) is 4.79 Å². The maximum absolute atomic E-state index is 13.2. The normalized spacial score (nSPS) is 26.2. The predicted octanol–water partition coefficient (Wildman–Crippen LogP) is 1.70. The number of carbonyl (C=O) groups is 1. The summed E-state index contributed by atoms with van der Waals surface area (Å²) in [7, 11) is 0. The first-order valence-electron chi connectivity index (χ1n) is 7.80. The molecule has 6 nitrogen and oxygen atoms in total. The Morgan fingerprint density at radius 2 is 2.17 bits per heavy atom. The van der Waals surface area contributed by atoms with Crippen molar-refractivity contribution in [1.29, 1.82) is 0 Å². The fraction of sp³-hybridized carbons (Fsp3) is 0.438. The van der Waals surface area contributed by atoms with Crippen molar-refractivity contribution in [2.45, 2.75) is 18.9 Å². The van der Waals surface area contributed by atoms with Crippen LogP contribution >= 0.6 is 0 Å². The van der Waals surface area contributed by atoms with E-state index >= 15 is 0 Å². The van der Waals surface area contributed by atoms with Crippen LogP contribution in [-0.2, 0) is 0 Å². The molecule has 7 heteroatoms. The van der Waals surface area contributed by atoms with Crippen molar-refractivity contribution in [3.05, 3.63) is 36.4 Å². The molecule has 0 spiro atoms. The summed E-state index contributed by atoms with van der Waals surface area (Å²) in [5.41, 5.74) is 0.506. The predicted molar refractivity (Wildman–Crippen MR) is 80.1 cm³/mol. The van der Waals surface area contributed by atoms with Crippen molar-refractivity contribution < 1.29 is 13.6 Å². The van der Waals surface area contributed by atoms with Crippen LogP contribution in [0.15, 0.2) is 28.9 Å². The van der Waals surface area contributed by atoms with Crippen LogP contribution < -0.4 is 5.32 Å². The van der Waals surface area contributed by atoms with E-state index in [1.165, 1.54) is 18.5 Å². The highest BCUT2D eigenvalue weighted by molar-refractivity contribution is 5.90. The smallest absolute Gasteiger partial charge is 0.307 e. The molecular weight excluding hydrogens is 299 g/mol. The van der Waals surface area contributed by atoms with Gasteiger partial charge in [-0.15, -0.1) is 0 Å². The van der Waals surface area contributed by atoms with Gasteiger partial charge in [0.2, 0.25) is 5.95 Å². The van der Waals surface area contributed by atoms with E-state index in [0.29, 0.717) is 17.2 Å². The maximum atomic E-state index is 13.2. The van der Waals surface area contributed by atoms with Gasteiger partial charge in [0, 0.05) is 30.4 Å². The minimum absolute atomic E-state index is 0.00803. The van der Waals surface area contributed by atoms with Gasteiger partial charge in [0.15, 0.2) is 5.76 Å². The van der Waals surface area contributed by atoms with Crippen LogP contribution in [0.25, 0.3) is 11.3 Å². The molecule has 3 fully saturated rings. The zero-order valence-corrected chi connectivity index (χ0v) is 12.5. The molecule has 1 N–H and O–H groups in total. The first-order valence-corrected chi connectivity index (χ1v) is 7.80. The van der Waals surface area contributed by atoms with Crippen molar-refractivity contribution in [2.24, 2.45) is 5.92 Å². The summed E-state index contributed by atoms with van der Waals surface area (Å²) in [6, 6.07) is 3.01. The number of oxazole rings is 1. The van der Waals surface area contributed by atoms with E-state index in [4.69, 9.17) is 4.42 Å². The molecule has 1 atom stereocenters. The highest BCUT2D eigenvalue weighted by Gasteiger charge is 2.35. The van der Waals surface area contributed by atoms with Crippen LogP contribution in [0.3, 0.4) is 0 Å². The molecule has 120 valence electrons. The summed E-state index contributed by atoms with van der Waals surface area (Å²) < 4.78 is 18.6. The molecule has 2 bridgehead atoms. The van der Waals surface area contributed by atoms with Gasteiger partial charge in [-0.25, -0.2) is 9.97 Å². The molecule has 0 radical (unpaired) electrons. The van der Waals surface area contributed by atoms with Crippen molar-refractivity contribution in [1.82, 2.24) is 20.2 Å². The van der Waals surface area contributed by atoms with Crippen LogP contribution in [0.5, 0.6) is 0 Å². The third-order valence-corrected chi connectivity index (χ3v) is 4.68. The maximum Gasteiger partial charge on any atom is 0.307 e. The van der Waals surface area contributed by atoms with E-state index in [1.807, 2.05) is 0 Å². The molecule has 23 heavy (non-hydrogen) atoms. The Hall–Kier alpha value is -2.28. The third kappa shape index (κ3) is 2.84. The Labute approximate surface area is 132 Å². The second-order valence-electron chi connectivity index (χ2n) is 6.11. The molecule has 1 amide bonds. The topological polar surface area (TPSA) is 71.3 Å². The number of piperidine rings is 3. The largest absolute Gasteiger partial charge is 0.432 e. The molecule has 5 heterocycles. The van der Waals surface area contributed by atoms with E-state index in [-0.39, 0.29) is 17.8 Å². The summed E-state index contributed by atoms with van der Waals surface area (Å²) in [4.78, 5) is 22.2. The lowest BCUT2D eigenvalue weighted by Crippen LogP contribution is -2.57. The van der Waals surface area contributed by atoms with Gasteiger partial charge < -0.3 is 14.6 Å². The SMILES string of the molecule is O=C(NC1CN2CCC1CC2)c1ncc(-c2ccnc(F)c2)o1. The van der Waals surface area contributed by atoms with E-state index in [2.05, 4.69) is 20.2 Å². The molecule has 1 unspecified atom stereocenters. The van der Waals surface area contributed by atoms with Gasteiger partial charge in [0.05, 0.1) is 6.20 Å². The lowest BCUT2D eigenvalue weighted by molar-refractivity contribution is 0.0602. The molecule has 2 aromatic heterocycles. The number of halogens is 1. The number of fused-ring (bicyclic) bond motifs is 3. The summed E-state index contributed by atoms with van der Waals surface area (Å²) in [6.45, 7) is 3.13. The number of amides is 1. The average molecular weight is 316 g/mol. The van der Waals surface area contributed by atoms with E-state index in [0.717, 1.165) is 32.5 Å². The fourth-order valence-corrected chi connectivity index (χ4v) is 3.43. The summed E-state index contributed by atoms with van der Waals surface area (Å²) in [5, 5.41) is 3.02. The highest BCUT2D eigenvalue weighted by Crippen LogP contribution is 2.28. The zero-order chi connectivity index (χ0) is 15.8. The average Bonchev–Trinajstić information content (AvgIpc) is 3.06. The van der Waals surface area contributed by atoms with Crippen LogP contribution in [0.4, 0.5) is 4.39 Å². The fourth-order valence-electron chi connectivity index (χ4n) is 3.43. The van der Waals surface area contributed by atoms with Crippen LogP contribution in [-0.4, -0.2) is 46.5 Å². The Kier molecular flexibility index (Phi) is 3.57. The molecule has 3 aliphatic heterocycles. The summed E-state index contributed by atoms with van der Waals surface area (Å²) in [6.07, 6.45) is 5.02. The van der Waals surface area contributed by atoms with E-state index in [9.17, 15) is 9.18 Å². The minimum atomic E-state index is -0.600. The summed E-state index contributed by atoms with van der Waals surface area (Å²) >= 11 is 0. The number of rotatable bonds is 3. The minimum Gasteiger partial charge on any atom is -0.432 e. The Morgan fingerprint density at radius 1 is 1.35 bits per heavy atom. The van der Waals surface area contributed by atoms with E-state index < -0.39 is 5.95 Å². The number of pyridine rings is 1. The Bertz CT molecular complexity index is 724. The van der Waals surface area contributed by atoms with Gasteiger partial charge in [-0.2, -0.15) is 4.39 Å². The van der Waals surface area contributed by atoms with Crippen LogP contribution in [0.1, 0.15) is 23.5 Å². The molecule has 0 saturated carbocycles. The Morgan fingerprint density at radius 3 is 2.87 bits per heavy atom. The van der Waals surface area contributed by atoms with Crippen molar-refractivity contribution in [3.8, 4) is 11.3 Å². The van der Waals surface area contributed by atoms with Gasteiger partial charge >= 0.3 is 5.91 Å². The van der Waals surface area contributed by atoms with Crippen LogP contribution in [0.2, 0.25) is 0 Å². The van der Waals surface area contributed by atoms with Crippen LogP contribution in [0, 0.1) is 11.9 Å². The van der Waals surface area contributed by atoms with E-state index in [1.54, 1.807) is 6.07 Å². The highest BCUT2D eigenvalue weighted by atomic mass is 19.1. The molecule has 3 aliphatic rings. The second-order valence-corrected chi connectivity index (χ2v) is 6.11. The molecule has 0 aliphatic carbocycles. The second kappa shape index (κ2) is 5.73. The molecule has 3 saturated heterocycles.